The van der Waals surface area contributed by atoms with Crippen molar-refractivity contribution in [1.29, 1.82) is 0 Å². The molecule has 0 aliphatic heterocycles. The van der Waals surface area contributed by atoms with Gasteiger partial charge in [0.05, 0.1) is 51.5 Å². The van der Waals surface area contributed by atoms with Crippen molar-refractivity contribution in [3.05, 3.63) is 51.4 Å². The lowest BCUT2D eigenvalue weighted by Gasteiger charge is -2.01. The largest absolute Gasteiger partial charge is 0.502 e. The van der Waals surface area contributed by atoms with Crippen molar-refractivity contribution in [1.82, 2.24) is 0 Å². The number of hydrogen-bond acceptors (Lipinski definition) is 4. The molecule has 0 N–H and O–H groups in total. The Morgan fingerprint density at radius 3 is 0.750 bits per heavy atom. The summed E-state index contributed by atoms with van der Waals surface area (Å²) in [6.45, 7) is 17.0. The van der Waals surface area contributed by atoms with Gasteiger partial charge in [0, 0.05) is 0 Å². The highest BCUT2D eigenvalue weighted by Gasteiger charge is 1.89. The monoisotopic (exact) mass is 340 g/mol. The fourth-order valence-electron chi connectivity index (χ4n) is 1.78. The van der Waals surface area contributed by atoms with Crippen LogP contribution in [-0.2, 0) is 18.9 Å². The first kappa shape index (κ1) is 24.4. The van der Waals surface area contributed by atoms with Crippen molar-refractivity contribution in [2.75, 3.05) is 26.4 Å². The van der Waals surface area contributed by atoms with Crippen molar-refractivity contribution in [2.24, 2.45) is 0 Å². The topological polar surface area (TPSA) is 36.9 Å². The van der Waals surface area contributed by atoms with Crippen molar-refractivity contribution in [3.63, 3.8) is 0 Å². The van der Waals surface area contributed by atoms with Crippen molar-refractivity contribution in [3.8, 4) is 0 Å². The zero-order valence-corrected chi connectivity index (χ0v) is 15.3. The molecule has 0 aromatic rings. The minimum absolute atomic E-state index is 0.784. The van der Waals surface area contributed by atoms with Crippen molar-refractivity contribution < 1.29 is 18.9 Å². The molecule has 0 aromatic heterocycles. The number of ether oxygens (including phenoxy) is 4. The van der Waals surface area contributed by atoms with Gasteiger partial charge in [-0.3, -0.25) is 0 Å². The quantitative estimate of drug-likeness (QED) is 0.236. The van der Waals surface area contributed by atoms with Gasteiger partial charge >= 0.3 is 0 Å². The second-order valence-electron chi connectivity index (χ2n) is 4.98. The average molecular weight is 341 g/mol. The van der Waals surface area contributed by atoms with Gasteiger partial charge in [0.2, 0.25) is 0 Å². The molecule has 0 aromatic carbocycles. The van der Waals surface area contributed by atoms with Crippen molar-refractivity contribution >= 4 is 0 Å². The highest BCUT2D eigenvalue weighted by molar-refractivity contribution is 4.52. The van der Waals surface area contributed by atoms with Crippen LogP contribution < -0.4 is 0 Å². The van der Waals surface area contributed by atoms with E-state index in [1.165, 1.54) is 50.7 Å². The van der Waals surface area contributed by atoms with Crippen LogP contribution in [0, 0.1) is 0 Å². The number of hydrogen-bond donors (Lipinski definition) is 0. The molecule has 0 amide bonds. The molecule has 0 fully saturated rings. The molecule has 0 saturated carbocycles. The zero-order chi connectivity index (χ0) is 18.1. The Hall–Kier alpha value is -1.84. The lowest BCUT2D eigenvalue weighted by Crippen LogP contribution is -1.90. The Labute approximate surface area is 148 Å². The summed E-state index contributed by atoms with van der Waals surface area (Å²) >= 11 is 0. The van der Waals surface area contributed by atoms with E-state index < -0.39 is 0 Å². The summed E-state index contributed by atoms with van der Waals surface area (Å²) in [5.41, 5.74) is 0. The molecule has 0 bridgehead atoms. The van der Waals surface area contributed by atoms with Crippen LogP contribution in [0.1, 0.15) is 51.4 Å². The molecule has 0 aliphatic rings. The fourth-order valence-corrected chi connectivity index (χ4v) is 1.78. The van der Waals surface area contributed by atoms with Crippen LogP contribution in [-0.4, -0.2) is 26.4 Å². The van der Waals surface area contributed by atoms with E-state index in [1.807, 2.05) is 0 Å². The Morgan fingerprint density at radius 1 is 0.375 bits per heavy atom. The van der Waals surface area contributed by atoms with Crippen molar-refractivity contribution in [2.45, 2.75) is 51.4 Å². The van der Waals surface area contributed by atoms with Gasteiger partial charge in [-0.1, -0.05) is 26.3 Å². The molecule has 0 rings (SSSR count). The van der Waals surface area contributed by atoms with Crippen LogP contribution in [0.4, 0.5) is 0 Å². The molecule has 24 heavy (non-hydrogen) atoms. The number of rotatable bonds is 18. The van der Waals surface area contributed by atoms with E-state index in [4.69, 9.17) is 18.9 Å². The lowest BCUT2D eigenvalue weighted by molar-refractivity contribution is 0.228. The first-order valence-corrected chi connectivity index (χ1v) is 8.73. The molecular formula is C20H36O4. The maximum absolute atomic E-state index is 4.98. The molecular weight excluding hydrogens is 304 g/mol. The Kier molecular flexibility index (Phi) is 26.5. The summed E-state index contributed by atoms with van der Waals surface area (Å²) in [7, 11) is 0. The standard InChI is InChI=1S/2C10H18O2/c2*1-3-11-9-7-5-6-8-10-12-4-2/h2*3-4H,1-2,5-10H2. The van der Waals surface area contributed by atoms with Gasteiger partial charge in [-0.2, -0.15) is 0 Å². The Balaban J connectivity index is 0. The van der Waals surface area contributed by atoms with Gasteiger partial charge in [-0.05, 0) is 51.4 Å². The van der Waals surface area contributed by atoms with Crippen LogP contribution >= 0.6 is 0 Å². The Bertz CT molecular complexity index is 221. The highest BCUT2D eigenvalue weighted by Crippen LogP contribution is 2.01. The molecule has 4 nitrogen and oxygen atoms in total. The summed E-state index contributed by atoms with van der Waals surface area (Å²) in [5, 5.41) is 0. The summed E-state index contributed by atoms with van der Waals surface area (Å²) in [4.78, 5) is 0. The molecule has 0 saturated heterocycles. The predicted octanol–water partition coefficient (Wildman–Crippen LogP) is 5.73. The molecule has 140 valence electrons. The Morgan fingerprint density at radius 2 is 0.583 bits per heavy atom. The summed E-state index contributed by atoms with van der Waals surface area (Å²) in [6, 6.07) is 0. The molecule has 0 radical (unpaired) electrons. The second kappa shape index (κ2) is 26.1. The summed E-state index contributed by atoms with van der Waals surface area (Å²) < 4.78 is 19.9. The van der Waals surface area contributed by atoms with Crippen LogP contribution in [0.25, 0.3) is 0 Å². The maximum Gasteiger partial charge on any atom is 0.0873 e. The zero-order valence-electron chi connectivity index (χ0n) is 15.3. The van der Waals surface area contributed by atoms with E-state index in [0.29, 0.717) is 0 Å². The third-order valence-corrected chi connectivity index (χ3v) is 3.02. The fraction of sp³-hybridized carbons (Fsp3) is 0.600. The molecule has 0 aliphatic carbocycles. The first-order chi connectivity index (χ1) is 11.8. The highest BCUT2D eigenvalue weighted by atomic mass is 16.5. The van der Waals surface area contributed by atoms with E-state index in [0.717, 1.165) is 52.1 Å². The second-order valence-corrected chi connectivity index (χ2v) is 4.98. The molecule has 0 spiro atoms. The van der Waals surface area contributed by atoms with E-state index in [2.05, 4.69) is 26.3 Å². The molecule has 0 heterocycles. The van der Waals surface area contributed by atoms with Gasteiger partial charge in [-0.25, -0.2) is 0 Å². The van der Waals surface area contributed by atoms with E-state index in [9.17, 15) is 0 Å². The van der Waals surface area contributed by atoms with Gasteiger partial charge in [0.25, 0.3) is 0 Å². The smallest absolute Gasteiger partial charge is 0.0873 e. The maximum atomic E-state index is 4.98. The summed E-state index contributed by atoms with van der Waals surface area (Å²) in [6.07, 6.45) is 15.1. The third-order valence-electron chi connectivity index (χ3n) is 3.02. The summed E-state index contributed by atoms with van der Waals surface area (Å²) in [5.74, 6) is 0. The normalized spacial score (nSPS) is 9.00. The number of unbranched alkanes of at least 4 members (excludes halogenated alkanes) is 6. The van der Waals surface area contributed by atoms with E-state index in [1.54, 1.807) is 0 Å². The SMILES string of the molecule is C=COCCCCCCOC=C.C=COCCCCCCOC=C. The first-order valence-electron chi connectivity index (χ1n) is 8.73. The minimum atomic E-state index is 0.784. The lowest BCUT2D eigenvalue weighted by atomic mass is 10.2. The predicted molar refractivity (Wildman–Crippen MR) is 102 cm³/mol. The third kappa shape index (κ3) is 28.3. The average Bonchev–Trinajstić information content (AvgIpc) is 2.60. The van der Waals surface area contributed by atoms with Crippen LogP contribution in [0.2, 0.25) is 0 Å². The van der Waals surface area contributed by atoms with E-state index >= 15 is 0 Å². The van der Waals surface area contributed by atoms with Gasteiger partial charge in [-0.15, -0.1) is 0 Å². The van der Waals surface area contributed by atoms with Crippen LogP contribution in [0.5, 0.6) is 0 Å². The van der Waals surface area contributed by atoms with E-state index in [-0.39, 0.29) is 0 Å². The molecule has 0 unspecified atom stereocenters. The van der Waals surface area contributed by atoms with Crippen LogP contribution in [0.15, 0.2) is 51.4 Å². The molecule has 0 atom stereocenters. The van der Waals surface area contributed by atoms with Gasteiger partial charge in [0.15, 0.2) is 0 Å². The van der Waals surface area contributed by atoms with Crippen LogP contribution in [0.3, 0.4) is 0 Å². The van der Waals surface area contributed by atoms with Gasteiger partial charge in [0.1, 0.15) is 0 Å². The minimum Gasteiger partial charge on any atom is -0.502 e. The molecule has 4 heteroatoms. The van der Waals surface area contributed by atoms with Gasteiger partial charge < -0.3 is 18.9 Å².